The van der Waals surface area contributed by atoms with Gasteiger partial charge in [0.15, 0.2) is 18.2 Å². The third-order valence-electron chi connectivity index (χ3n) is 13.3. The van der Waals surface area contributed by atoms with Crippen molar-refractivity contribution >= 4 is 75.2 Å². The van der Waals surface area contributed by atoms with Gasteiger partial charge in [-0.05, 0) is 94.8 Å². The maximum atomic E-state index is 13.8. The Bertz CT molecular complexity index is 2590. The van der Waals surface area contributed by atoms with Crippen LogP contribution in [0, 0.1) is 11.3 Å². The van der Waals surface area contributed by atoms with Crippen LogP contribution in [-0.4, -0.2) is 119 Å². The van der Waals surface area contributed by atoms with Gasteiger partial charge in [0.25, 0.3) is 23.3 Å². The van der Waals surface area contributed by atoms with Crippen molar-refractivity contribution in [1.82, 2.24) is 35.0 Å². The number of piperidine rings is 2. The molecule has 18 heteroatoms. The predicted molar refractivity (Wildman–Crippen MR) is 237 cm³/mol. The van der Waals surface area contributed by atoms with Crippen LogP contribution in [0.4, 0.5) is 23.1 Å². The minimum absolute atomic E-state index is 0.0830. The molecule has 0 aliphatic carbocycles. The summed E-state index contributed by atoms with van der Waals surface area (Å²) in [5.74, 6) is -0.626. The Balaban J connectivity index is 0.809. The van der Waals surface area contributed by atoms with Crippen molar-refractivity contribution in [1.29, 1.82) is 0 Å². The summed E-state index contributed by atoms with van der Waals surface area (Å²) in [6.45, 7) is 9.73. The zero-order valence-corrected chi connectivity index (χ0v) is 36.4. The van der Waals surface area contributed by atoms with E-state index in [1.54, 1.807) is 29.0 Å². The van der Waals surface area contributed by atoms with Gasteiger partial charge in [0.05, 0.1) is 28.5 Å². The number of imide groups is 2. The third-order valence-corrected chi connectivity index (χ3v) is 13.6. The van der Waals surface area contributed by atoms with Crippen LogP contribution in [0.25, 0.3) is 10.9 Å². The molecule has 17 nitrogen and oxygen atoms in total. The summed E-state index contributed by atoms with van der Waals surface area (Å²) >= 11 is 6.62. The van der Waals surface area contributed by atoms with E-state index < -0.39 is 29.7 Å². The van der Waals surface area contributed by atoms with Crippen LogP contribution in [0.5, 0.6) is 5.75 Å². The average molecular weight is 879 g/mol. The van der Waals surface area contributed by atoms with Crippen LogP contribution in [0.2, 0.25) is 5.02 Å². The average Bonchev–Trinajstić information content (AvgIpc) is 3.95. The van der Waals surface area contributed by atoms with Crippen molar-refractivity contribution in [2.24, 2.45) is 11.3 Å². The molecule has 5 aliphatic rings. The molecule has 3 N–H and O–H groups in total. The van der Waals surface area contributed by atoms with E-state index in [0.717, 1.165) is 93.0 Å². The zero-order chi connectivity index (χ0) is 44.2. The minimum Gasteiger partial charge on any atom is -0.478 e. The maximum absolute atomic E-state index is 13.8. The Morgan fingerprint density at radius 3 is 2.52 bits per heavy atom. The Morgan fingerprint density at radius 2 is 1.76 bits per heavy atom. The lowest BCUT2D eigenvalue weighted by atomic mass is 9.86. The molecule has 1 spiro atoms. The van der Waals surface area contributed by atoms with E-state index in [-0.39, 0.29) is 48.1 Å². The van der Waals surface area contributed by atoms with Crippen molar-refractivity contribution in [3.05, 3.63) is 75.2 Å². The number of aromatic nitrogens is 3. The molecule has 2 atom stereocenters. The number of hydrogen-bond acceptors (Lipinski definition) is 13. The van der Waals surface area contributed by atoms with Crippen molar-refractivity contribution in [2.45, 2.75) is 64.5 Å². The van der Waals surface area contributed by atoms with Gasteiger partial charge in [-0.2, -0.15) is 4.98 Å². The van der Waals surface area contributed by atoms with Gasteiger partial charge >= 0.3 is 0 Å². The number of anilines is 4. The summed E-state index contributed by atoms with van der Waals surface area (Å²) in [5.41, 5.74) is 2.61. The molecule has 330 valence electrons. The summed E-state index contributed by atoms with van der Waals surface area (Å²) in [5, 5.41) is 9.24. The topological polar surface area (TPSA) is 191 Å². The number of rotatable bonds is 11. The second-order valence-corrected chi connectivity index (χ2v) is 18.1. The molecule has 4 saturated heterocycles. The SMILES string of the molecule is CNC(=O)COc1cc2cc(Nc3nc(N4CCC(CN5CCC6(CCN(c7cccc8c7C(=O)N(C7CCC(=O)NC7=O)C8=O)C6)C5)CC4)ncc3Cl)ccc2n(C(C)C)c1=O. The summed E-state index contributed by atoms with van der Waals surface area (Å²) in [6, 6.07) is 11.5. The third kappa shape index (κ3) is 8.08. The summed E-state index contributed by atoms with van der Waals surface area (Å²) < 4.78 is 7.27. The molecule has 9 rings (SSSR count). The van der Waals surface area contributed by atoms with E-state index in [4.69, 9.17) is 21.3 Å². The highest BCUT2D eigenvalue weighted by atomic mass is 35.5. The van der Waals surface area contributed by atoms with Crippen LogP contribution in [0.15, 0.2) is 53.5 Å². The quantitative estimate of drug-likeness (QED) is 0.183. The van der Waals surface area contributed by atoms with Crippen LogP contribution in [-0.2, 0) is 14.4 Å². The number of nitrogens with zero attached hydrogens (tertiary/aromatic N) is 7. The Hall–Kier alpha value is -6.07. The molecular formula is C45H51ClN10O7. The van der Waals surface area contributed by atoms with Gasteiger partial charge in [-0.1, -0.05) is 17.7 Å². The minimum atomic E-state index is -0.993. The molecule has 63 heavy (non-hydrogen) atoms. The van der Waals surface area contributed by atoms with Crippen molar-refractivity contribution < 1.29 is 28.7 Å². The number of carbonyl (C=O) groups excluding carboxylic acids is 5. The maximum Gasteiger partial charge on any atom is 0.293 e. The number of nitrogens with one attached hydrogen (secondary N) is 3. The zero-order valence-electron chi connectivity index (χ0n) is 35.6. The molecule has 2 aromatic heterocycles. The standard InChI is InChI=1S/C45H51ClN10O7/c1-26(2)55-32-8-7-29(19-28(32)20-35(42(55)61)63-23-37(58)47-3)49-39-31(46)21-48-44(51-39)53-15-11-27(12-16-53)22-52-17-13-45(24-52)14-18-54(25-45)33-6-4-5-30-38(33)43(62)56(41(30)60)34-9-10-36(57)50-40(34)59/h4-8,19-21,26-27,34H,9-18,22-25H2,1-3H3,(H,47,58)(H,48,49,51)(H,50,57,59). The predicted octanol–water partition coefficient (Wildman–Crippen LogP) is 4.11. The second-order valence-electron chi connectivity index (χ2n) is 17.7. The molecule has 4 fully saturated rings. The number of pyridine rings is 1. The molecule has 0 radical (unpaired) electrons. The van der Waals surface area contributed by atoms with Gasteiger partial charge < -0.3 is 34.6 Å². The number of hydrogen-bond donors (Lipinski definition) is 3. The van der Waals surface area contributed by atoms with E-state index in [9.17, 15) is 28.8 Å². The Kier molecular flexibility index (Phi) is 11.3. The smallest absolute Gasteiger partial charge is 0.293 e. The normalized spacial score (nSPS) is 21.9. The molecule has 5 amide bonds. The monoisotopic (exact) mass is 878 g/mol. The highest BCUT2D eigenvalue weighted by molar-refractivity contribution is 6.33. The number of halogens is 1. The summed E-state index contributed by atoms with van der Waals surface area (Å²) in [4.78, 5) is 94.3. The lowest BCUT2D eigenvalue weighted by Gasteiger charge is -2.34. The lowest BCUT2D eigenvalue weighted by molar-refractivity contribution is -0.136. The van der Waals surface area contributed by atoms with Crippen molar-refractivity contribution in [2.75, 3.05) is 74.6 Å². The van der Waals surface area contributed by atoms with E-state index >= 15 is 0 Å². The summed E-state index contributed by atoms with van der Waals surface area (Å²) in [7, 11) is 1.51. The van der Waals surface area contributed by atoms with Crippen LogP contribution in [0.3, 0.4) is 0 Å². The number of benzene rings is 2. The van der Waals surface area contributed by atoms with Crippen molar-refractivity contribution in [3.63, 3.8) is 0 Å². The molecule has 2 unspecified atom stereocenters. The number of amides is 5. The fourth-order valence-electron chi connectivity index (χ4n) is 10.1. The van der Waals surface area contributed by atoms with Gasteiger partial charge in [-0.15, -0.1) is 0 Å². The Morgan fingerprint density at radius 1 is 0.968 bits per heavy atom. The first-order valence-electron chi connectivity index (χ1n) is 21.7. The van der Waals surface area contributed by atoms with Crippen molar-refractivity contribution in [3.8, 4) is 5.75 Å². The largest absolute Gasteiger partial charge is 0.478 e. The fourth-order valence-corrected chi connectivity index (χ4v) is 10.2. The molecule has 7 heterocycles. The Labute approximate surface area is 369 Å². The first-order valence-corrected chi connectivity index (χ1v) is 22.1. The van der Waals surface area contributed by atoms with Crippen LogP contribution >= 0.6 is 11.6 Å². The van der Waals surface area contributed by atoms with E-state index in [1.807, 2.05) is 38.1 Å². The highest BCUT2D eigenvalue weighted by Gasteiger charge is 2.49. The first kappa shape index (κ1) is 42.2. The van der Waals surface area contributed by atoms with E-state index in [2.05, 4.69) is 35.6 Å². The highest BCUT2D eigenvalue weighted by Crippen LogP contribution is 2.44. The van der Waals surface area contributed by atoms with Gasteiger partial charge in [0.1, 0.15) is 11.1 Å². The molecule has 0 bridgehead atoms. The summed E-state index contributed by atoms with van der Waals surface area (Å²) in [6.07, 6.45) is 5.85. The fraction of sp³-hybridized carbons (Fsp3) is 0.467. The van der Waals surface area contributed by atoms with Crippen LogP contribution in [0.1, 0.15) is 79.1 Å². The second kappa shape index (κ2) is 16.9. The number of fused-ring (bicyclic) bond motifs is 2. The number of likely N-dealkylation sites (tertiary alicyclic amines) is 1. The number of likely N-dealkylation sites (N-methyl/N-ethyl adjacent to an activating group) is 1. The van der Waals surface area contributed by atoms with E-state index in [1.165, 1.54) is 7.05 Å². The molecule has 4 aromatic rings. The van der Waals surface area contributed by atoms with E-state index in [0.29, 0.717) is 39.5 Å². The first-order chi connectivity index (χ1) is 30.3. The van der Waals surface area contributed by atoms with Crippen LogP contribution < -0.4 is 36.0 Å². The number of carbonyl (C=O) groups is 5. The van der Waals surface area contributed by atoms with Gasteiger partial charge in [-0.25, -0.2) is 4.98 Å². The number of ether oxygens (including phenoxy) is 1. The van der Waals surface area contributed by atoms with Gasteiger partial charge in [0.2, 0.25) is 17.8 Å². The lowest BCUT2D eigenvalue weighted by Crippen LogP contribution is -2.54. The molecular weight excluding hydrogens is 828 g/mol. The van der Waals surface area contributed by atoms with Gasteiger partial charge in [-0.3, -0.25) is 39.0 Å². The molecule has 0 saturated carbocycles. The molecule has 2 aromatic carbocycles. The molecule has 5 aliphatic heterocycles. The van der Waals surface area contributed by atoms with Gasteiger partial charge in [0, 0.05) is 75.3 Å².